The van der Waals surface area contributed by atoms with E-state index in [0.29, 0.717) is 0 Å². The number of allylic oxidation sites excluding steroid dienone is 8. The SMILES string of the molecule is CCCC1C=C2C=CC=C2S1.CCCC1C=C2C=CC=C2S1.[Cl-].[Cl-].[Zr+2]. The summed E-state index contributed by atoms with van der Waals surface area (Å²) >= 11 is 4.02. The quantitative estimate of drug-likeness (QED) is 0.565. The normalized spacial score (nSPS) is 23.6. The molecule has 4 rings (SSSR count). The third-order valence-corrected chi connectivity index (χ3v) is 6.65. The second kappa shape index (κ2) is 12.9. The molecule has 0 nitrogen and oxygen atoms in total. The molecule has 2 aliphatic carbocycles. The topological polar surface area (TPSA) is 0 Å². The van der Waals surface area contributed by atoms with Crippen molar-refractivity contribution in [2.75, 3.05) is 0 Å². The smallest absolute Gasteiger partial charge is 1.00 e. The first-order valence-electron chi connectivity index (χ1n) is 8.34. The van der Waals surface area contributed by atoms with Crippen LogP contribution in [0.2, 0.25) is 0 Å². The molecule has 2 aliphatic heterocycles. The molecule has 134 valence electrons. The van der Waals surface area contributed by atoms with Crippen LogP contribution in [0.25, 0.3) is 0 Å². The van der Waals surface area contributed by atoms with Crippen LogP contribution in [0.1, 0.15) is 39.5 Å². The van der Waals surface area contributed by atoms with Crippen molar-refractivity contribution >= 4 is 23.5 Å². The summed E-state index contributed by atoms with van der Waals surface area (Å²) in [6.07, 6.45) is 23.1. The van der Waals surface area contributed by atoms with Crippen LogP contribution >= 0.6 is 23.5 Å². The molecule has 4 aliphatic rings. The Balaban J connectivity index is 0.000000411. The summed E-state index contributed by atoms with van der Waals surface area (Å²) in [7, 11) is 0. The van der Waals surface area contributed by atoms with Gasteiger partial charge in [-0.3, -0.25) is 0 Å². The zero-order valence-corrected chi connectivity index (χ0v) is 20.3. The van der Waals surface area contributed by atoms with Crippen molar-refractivity contribution in [2.45, 2.75) is 50.0 Å². The molecule has 0 amide bonds. The average molecular weight is 491 g/mol. The van der Waals surface area contributed by atoms with Gasteiger partial charge in [0.05, 0.1) is 0 Å². The van der Waals surface area contributed by atoms with Gasteiger partial charge in [-0.25, -0.2) is 0 Å². The number of hydrogen-bond donors (Lipinski definition) is 0. The van der Waals surface area contributed by atoms with Gasteiger partial charge in [-0.05, 0) is 36.1 Å². The fourth-order valence-electron chi connectivity index (χ4n) is 2.97. The molecule has 2 heterocycles. The molecule has 0 fully saturated rings. The first kappa shape index (κ1) is 25.6. The van der Waals surface area contributed by atoms with Gasteiger partial charge >= 0.3 is 26.2 Å². The van der Waals surface area contributed by atoms with Gasteiger partial charge in [0.1, 0.15) is 0 Å². The molecule has 0 saturated heterocycles. The molecule has 0 bridgehead atoms. The van der Waals surface area contributed by atoms with Crippen LogP contribution in [-0.2, 0) is 26.2 Å². The third-order valence-electron chi connectivity index (χ3n) is 4.05. The van der Waals surface area contributed by atoms with Crippen molar-refractivity contribution in [1.82, 2.24) is 0 Å². The van der Waals surface area contributed by atoms with E-state index in [1.807, 2.05) is 23.5 Å². The fourth-order valence-corrected chi connectivity index (χ4v) is 5.62. The van der Waals surface area contributed by atoms with Crippen molar-refractivity contribution in [2.24, 2.45) is 0 Å². The van der Waals surface area contributed by atoms with Gasteiger partial charge in [0.15, 0.2) is 0 Å². The van der Waals surface area contributed by atoms with E-state index in [1.54, 1.807) is 0 Å². The van der Waals surface area contributed by atoms with Gasteiger partial charge in [0.2, 0.25) is 0 Å². The second-order valence-electron chi connectivity index (χ2n) is 5.91. The van der Waals surface area contributed by atoms with E-state index in [-0.39, 0.29) is 51.0 Å². The minimum absolute atomic E-state index is 0. The van der Waals surface area contributed by atoms with Crippen molar-refractivity contribution in [3.8, 4) is 0 Å². The molecule has 0 aromatic rings. The first-order valence-corrected chi connectivity index (χ1v) is 10.1. The zero-order chi connectivity index (χ0) is 15.4. The van der Waals surface area contributed by atoms with E-state index < -0.39 is 0 Å². The number of halogens is 2. The summed E-state index contributed by atoms with van der Waals surface area (Å²) in [4.78, 5) is 2.95. The van der Waals surface area contributed by atoms with Crippen molar-refractivity contribution in [1.29, 1.82) is 0 Å². The maximum absolute atomic E-state index is 2.39. The average Bonchev–Trinajstić information content (AvgIpc) is 3.18. The minimum atomic E-state index is 0. The Bertz CT molecular complexity index is 561. The Morgan fingerprint density at radius 2 is 1.16 bits per heavy atom. The summed E-state index contributed by atoms with van der Waals surface area (Å²) in [6, 6.07) is 0. The molecular formula is C20H24Cl2S2Zr. The Kier molecular flexibility index (Phi) is 13.2. The van der Waals surface area contributed by atoms with Crippen LogP contribution in [0.3, 0.4) is 0 Å². The Hall–Kier alpha value is 0.603. The van der Waals surface area contributed by atoms with Crippen LogP contribution < -0.4 is 24.8 Å². The maximum Gasteiger partial charge on any atom is 2.00 e. The maximum atomic E-state index is 2.39. The molecule has 2 atom stereocenters. The zero-order valence-electron chi connectivity index (χ0n) is 14.7. The van der Waals surface area contributed by atoms with E-state index in [1.165, 1.54) is 46.6 Å². The first-order chi connectivity index (χ1) is 10.8. The number of rotatable bonds is 4. The molecule has 0 radical (unpaired) electrons. The van der Waals surface area contributed by atoms with Gasteiger partial charge in [0.25, 0.3) is 0 Å². The molecule has 0 spiro atoms. The summed E-state index contributed by atoms with van der Waals surface area (Å²) in [5.41, 5.74) is 2.90. The Morgan fingerprint density at radius 1 is 0.760 bits per heavy atom. The predicted octanol–water partition coefficient (Wildman–Crippen LogP) is 0.570. The van der Waals surface area contributed by atoms with E-state index in [2.05, 4.69) is 62.5 Å². The van der Waals surface area contributed by atoms with Crippen LogP contribution in [-0.4, -0.2) is 10.5 Å². The molecular weight excluding hydrogens is 466 g/mol. The van der Waals surface area contributed by atoms with Gasteiger partial charge in [-0.2, -0.15) is 0 Å². The molecule has 2 unspecified atom stereocenters. The summed E-state index contributed by atoms with van der Waals surface area (Å²) < 4.78 is 0. The number of fused-ring (bicyclic) bond motifs is 2. The van der Waals surface area contributed by atoms with E-state index in [4.69, 9.17) is 0 Å². The molecule has 0 aromatic carbocycles. The van der Waals surface area contributed by atoms with Gasteiger partial charge in [-0.1, -0.05) is 63.1 Å². The van der Waals surface area contributed by atoms with E-state index in [9.17, 15) is 0 Å². The molecule has 5 heteroatoms. The van der Waals surface area contributed by atoms with Crippen molar-refractivity contribution in [3.05, 3.63) is 69.6 Å². The van der Waals surface area contributed by atoms with Gasteiger partial charge in [-0.15, -0.1) is 23.5 Å². The standard InChI is InChI=1S/2C10H12S.2ClH.Zr/c2*1-2-4-9-7-8-5-3-6-10(8)11-9;;;/h2*3,5-7,9H,2,4H2,1H3;2*1H;/q;;;;+2/p-2. The summed E-state index contributed by atoms with van der Waals surface area (Å²) in [5, 5.41) is 1.51. The number of hydrogen-bond acceptors (Lipinski definition) is 2. The Labute approximate surface area is 192 Å². The second-order valence-corrected chi connectivity index (χ2v) is 8.48. The summed E-state index contributed by atoms with van der Waals surface area (Å²) in [5.74, 6) is 0. The molecule has 0 N–H and O–H groups in total. The van der Waals surface area contributed by atoms with Crippen LogP contribution in [0.5, 0.6) is 0 Å². The van der Waals surface area contributed by atoms with E-state index >= 15 is 0 Å². The van der Waals surface area contributed by atoms with Crippen LogP contribution in [0.4, 0.5) is 0 Å². The summed E-state index contributed by atoms with van der Waals surface area (Å²) in [6.45, 7) is 4.49. The monoisotopic (exact) mass is 488 g/mol. The van der Waals surface area contributed by atoms with Gasteiger partial charge < -0.3 is 24.8 Å². The van der Waals surface area contributed by atoms with Gasteiger partial charge in [0, 0.05) is 20.3 Å². The van der Waals surface area contributed by atoms with Crippen molar-refractivity contribution in [3.63, 3.8) is 0 Å². The fraction of sp³-hybridized carbons (Fsp3) is 0.400. The molecule has 25 heavy (non-hydrogen) atoms. The Morgan fingerprint density at radius 3 is 1.48 bits per heavy atom. The van der Waals surface area contributed by atoms with Crippen molar-refractivity contribution < 1.29 is 51.0 Å². The predicted molar refractivity (Wildman–Crippen MR) is 103 cm³/mol. The molecule has 0 saturated carbocycles. The van der Waals surface area contributed by atoms with Crippen LogP contribution in [0, 0.1) is 0 Å². The van der Waals surface area contributed by atoms with Crippen LogP contribution in [0.15, 0.2) is 69.6 Å². The third kappa shape index (κ3) is 6.93. The largest absolute Gasteiger partial charge is 2.00 e. The molecule has 0 aromatic heterocycles. The number of thioether (sulfide) groups is 2. The minimum Gasteiger partial charge on any atom is -1.00 e. The van der Waals surface area contributed by atoms with E-state index in [0.717, 1.165) is 10.5 Å².